The molecule has 4 fully saturated rings. The number of nitrogens with two attached hydrogens (primary N) is 1. The molecule has 0 radical (unpaired) electrons. The van der Waals surface area contributed by atoms with E-state index in [0.29, 0.717) is 55.3 Å². The third-order valence-corrected chi connectivity index (χ3v) is 9.16. The predicted octanol–water partition coefficient (Wildman–Crippen LogP) is 3.74. The van der Waals surface area contributed by atoms with Crippen LogP contribution in [0.1, 0.15) is 72.6 Å². The average molecular weight is 389 g/mol. The second-order valence-corrected chi connectivity index (χ2v) is 10.8. The zero-order valence-electron chi connectivity index (χ0n) is 17.9. The topological polar surface area (TPSA) is 81.8 Å². The highest BCUT2D eigenvalue weighted by Gasteiger charge is 2.65. The molecule has 0 aliphatic heterocycles. The zero-order valence-corrected chi connectivity index (χ0v) is 17.9. The Morgan fingerprint density at radius 1 is 1.07 bits per heavy atom. The van der Waals surface area contributed by atoms with Crippen LogP contribution in [0.5, 0.6) is 0 Å². The van der Waals surface area contributed by atoms with Gasteiger partial charge in [-0.15, -0.1) is 0 Å². The maximum Gasteiger partial charge on any atom is 0.139 e. The van der Waals surface area contributed by atoms with Gasteiger partial charge in [0, 0.05) is 36.1 Å². The number of ketones is 2. The number of rotatable bonds is 3. The van der Waals surface area contributed by atoms with E-state index in [9.17, 15) is 9.59 Å². The molecule has 4 saturated carbocycles. The van der Waals surface area contributed by atoms with Crippen molar-refractivity contribution in [2.75, 3.05) is 13.2 Å². The first-order chi connectivity index (χ1) is 13.2. The van der Waals surface area contributed by atoms with E-state index in [1.807, 2.05) is 0 Å². The summed E-state index contributed by atoms with van der Waals surface area (Å²) in [5, 5.41) is 4.40. The smallest absolute Gasteiger partial charge is 0.139 e. The molecule has 0 heterocycles. The van der Waals surface area contributed by atoms with Crippen molar-refractivity contribution in [1.82, 2.24) is 0 Å². The van der Waals surface area contributed by atoms with Crippen molar-refractivity contribution in [2.45, 2.75) is 72.6 Å². The number of Topliss-reactive ketones (excluding diaryl/α,β-unsaturated/α-hetero) is 2. The first-order valence-corrected chi connectivity index (χ1v) is 11.1. The summed E-state index contributed by atoms with van der Waals surface area (Å²) in [7, 11) is 0. The Hall–Kier alpha value is -1.23. The van der Waals surface area contributed by atoms with Gasteiger partial charge in [-0.3, -0.25) is 9.59 Å². The van der Waals surface area contributed by atoms with Gasteiger partial charge in [-0.05, 0) is 55.3 Å². The predicted molar refractivity (Wildman–Crippen MR) is 109 cm³/mol. The Kier molecular flexibility index (Phi) is 4.76. The largest absolute Gasteiger partial charge is 0.394 e. The lowest BCUT2D eigenvalue weighted by molar-refractivity contribution is -0.160. The standard InChI is InChI=1S/C23H36N2O3/c1-21(2)18(25-28-12-11-24)8-10-23(4)16-7-9-22(3)15(5-6-19(22)27)14(16)13-17(26)20(21)23/h14-16,20H,5-13,24H2,1-4H3/t14-,15-,16+,20?,22-,23+/m0/s1. The van der Waals surface area contributed by atoms with Crippen LogP contribution < -0.4 is 5.73 Å². The summed E-state index contributed by atoms with van der Waals surface area (Å²) < 4.78 is 0. The Morgan fingerprint density at radius 3 is 2.54 bits per heavy atom. The van der Waals surface area contributed by atoms with Crippen molar-refractivity contribution < 1.29 is 14.4 Å². The van der Waals surface area contributed by atoms with Gasteiger partial charge in [-0.1, -0.05) is 32.9 Å². The van der Waals surface area contributed by atoms with Crippen molar-refractivity contribution in [2.24, 2.45) is 50.8 Å². The summed E-state index contributed by atoms with van der Waals surface area (Å²) in [5.41, 5.74) is 6.04. The fraction of sp³-hybridized carbons (Fsp3) is 0.870. The van der Waals surface area contributed by atoms with Gasteiger partial charge in [-0.2, -0.15) is 0 Å². The van der Waals surface area contributed by atoms with E-state index in [1.165, 1.54) is 0 Å². The van der Waals surface area contributed by atoms with Gasteiger partial charge in [0.1, 0.15) is 18.2 Å². The van der Waals surface area contributed by atoms with E-state index in [-0.39, 0.29) is 22.2 Å². The number of nitrogens with zero attached hydrogens (tertiary/aromatic N) is 1. The first-order valence-electron chi connectivity index (χ1n) is 11.1. The molecule has 0 amide bonds. The molecule has 4 aliphatic carbocycles. The van der Waals surface area contributed by atoms with Crippen LogP contribution in [0.2, 0.25) is 0 Å². The van der Waals surface area contributed by atoms with Crippen molar-refractivity contribution in [1.29, 1.82) is 0 Å². The lowest BCUT2D eigenvalue weighted by atomic mass is 9.41. The Bertz CT molecular complexity index is 715. The molecule has 0 spiro atoms. The molecule has 6 atom stereocenters. The molecule has 28 heavy (non-hydrogen) atoms. The summed E-state index contributed by atoms with van der Waals surface area (Å²) >= 11 is 0. The van der Waals surface area contributed by atoms with Gasteiger partial charge in [0.05, 0.1) is 5.71 Å². The highest BCUT2D eigenvalue weighted by Crippen LogP contribution is 2.66. The Labute approximate surface area is 168 Å². The second-order valence-electron chi connectivity index (χ2n) is 10.8. The number of oxime groups is 1. The van der Waals surface area contributed by atoms with Crippen LogP contribution in [0.25, 0.3) is 0 Å². The van der Waals surface area contributed by atoms with Crippen molar-refractivity contribution in [3.05, 3.63) is 0 Å². The van der Waals surface area contributed by atoms with Gasteiger partial charge < -0.3 is 10.6 Å². The third-order valence-electron chi connectivity index (χ3n) is 9.16. The first kappa shape index (κ1) is 20.1. The number of fused-ring (bicyclic) bond motifs is 5. The number of hydrogen-bond donors (Lipinski definition) is 1. The summed E-state index contributed by atoms with van der Waals surface area (Å²) in [6.07, 6.45) is 6.26. The molecule has 156 valence electrons. The van der Waals surface area contributed by atoms with E-state index >= 15 is 0 Å². The molecular formula is C23H36N2O3. The van der Waals surface area contributed by atoms with E-state index in [2.05, 4.69) is 32.9 Å². The van der Waals surface area contributed by atoms with Gasteiger partial charge in [0.15, 0.2) is 0 Å². The highest BCUT2D eigenvalue weighted by molar-refractivity contribution is 5.97. The van der Waals surface area contributed by atoms with Gasteiger partial charge in [0.25, 0.3) is 0 Å². The fourth-order valence-corrected chi connectivity index (χ4v) is 7.87. The molecule has 2 N–H and O–H groups in total. The monoisotopic (exact) mass is 388 g/mol. The normalized spacial score (nSPS) is 46.1. The summed E-state index contributed by atoms with van der Waals surface area (Å²) in [4.78, 5) is 31.6. The van der Waals surface area contributed by atoms with E-state index < -0.39 is 0 Å². The average Bonchev–Trinajstić information content (AvgIpc) is 2.92. The third kappa shape index (κ3) is 2.64. The molecule has 5 nitrogen and oxygen atoms in total. The number of hydrogen-bond acceptors (Lipinski definition) is 5. The van der Waals surface area contributed by atoms with E-state index in [1.54, 1.807) is 0 Å². The fourth-order valence-electron chi connectivity index (χ4n) is 7.87. The SMILES string of the molecule is CC1(C)C(=NOCCN)CC[C@@]2(C)C1C(=O)C[C@@H]1[C@H]2CC[C@]2(C)C(=O)CC[C@@H]12. The van der Waals surface area contributed by atoms with Gasteiger partial charge >= 0.3 is 0 Å². The molecule has 0 aromatic heterocycles. The van der Waals surface area contributed by atoms with Crippen LogP contribution in [0.4, 0.5) is 0 Å². The van der Waals surface area contributed by atoms with Crippen LogP contribution in [0, 0.1) is 39.9 Å². The molecular weight excluding hydrogens is 352 g/mol. The molecule has 0 aromatic carbocycles. The van der Waals surface area contributed by atoms with Gasteiger partial charge in [-0.25, -0.2) is 0 Å². The van der Waals surface area contributed by atoms with Crippen LogP contribution in [0.15, 0.2) is 5.16 Å². The van der Waals surface area contributed by atoms with E-state index in [0.717, 1.165) is 37.8 Å². The molecule has 4 aliphatic rings. The molecule has 4 rings (SSSR count). The molecule has 5 heteroatoms. The summed E-state index contributed by atoms with van der Waals surface area (Å²) in [6, 6.07) is 0. The quantitative estimate of drug-likeness (QED) is 0.590. The Balaban J connectivity index is 1.66. The maximum atomic E-state index is 13.6. The van der Waals surface area contributed by atoms with Crippen molar-refractivity contribution >= 4 is 17.3 Å². The van der Waals surface area contributed by atoms with Crippen LogP contribution in [-0.2, 0) is 14.4 Å². The lowest BCUT2D eigenvalue weighted by Crippen LogP contribution is -2.61. The number of carbonyl (C=O) groups is 2. The second kappa shape index (κ2) is 6.65. The minimum atomic E-state index is -0.296. The molecule has 0 bridgehead atoms. The number of carbonyl (C=O) groups excluding carboxylic acids is 2. The summed E-state index contributed by atoms with van der Waals surface area (Å²) in [6.45, 7) is 9.72. The van der Waals surface area contributed by atoms with Crippen LogP contribution in [-0.4, -0.2) is 30.4 Å². The highest BCUT2D eigenvalue weighted by atomic mass is 16.6. The Morgan fingerprint density at radius 2 is 1.82 bits per heavy atom. The minimum absolute atomic E-state index is 0.0106. The summed E-state index contributed by atoms with van der Waals surface area (Å²) in [5.74, 6) is 2.10. The van der Waals surface area contributed by atoms with Crippen molar-refractivity contribution in [3.8, 4) is 0 Å². The molecule has 1 unspecified atom stereocenters. The molecule has 0 aromatic rings. The zero-order chi connectivity index (χ0) is 20.3. The van der Waals surface area contributed by atoms with E-state index in [4.69, 9.17) is 10.6 Å². The van der Waals surface area contributed by atoms with Crippen LogP contribution in [0.3, 0.4) is 0 Å². The van der Waals surface area contributed by atoms with Crippen molar-refractivity contribution in [3.63, 3.8) is 0 Å². The van der Waals surface area contributed by atoms with Crippen LogP contribution >= 0.6 is 0 Å². The minimum Gasteiger partial charge on any atom is -0.394 e. The van der Waals surface area contributed by atoms with Gasteiger partial charge in [0.2, 0.25) is 0 Å². The lowest BCUT2D eigenvalue weighted by Gasteiger charge is -2.62. The molecule has 0 saturated heterocycles. The maximum absolute atomic E-state index is 13.6.